The fraction of sp³-hybridized carbons (Fsp3) is 0.600. The molecule has 1 saturated heterocycles. The van der Waals surface area contributed by atoms with Gasteiger partial charge in [-0.3, -0.25) is 4.79 Å². The van der Waals surface area contributed by atoms with Crippen LogP contribution in [0.15, 0.2) is 22.8 Å². The lowest BCUT2D eigenvalue weighted by molar-refractivity contribution is -0.158. The van der Waals surface area contributed by atoms with Crippen LogP contribution in [0.4, 0.5) is 0 Å². The number of amides is 1. The van der Waals surface area contributed by atoms with Crippen molar-refractivity contribution in [1.82, 2.24) is 4.90 Å². The molecule has 0 radical (unpaired) electrons. The van der Waals surface area contributed by atoms with E-state index in [1.54, 1.807) is 12.3 Å². The van der Waals surface area contributed by atoms with E-state index < -0.39 is 12.0 Å². The van der Waals surface area contributed by atoms with E-state index in [-0.39, 0.29) is 17.7 Å². The summed E-state index contributed by atoms with van der Waals surface area (Å²) in [5.74, 6) is -0.274. The Morgan fingerprint density at radius 1 is 1.50 bits per heavy atom. The Morgan fingerprint density at radius 3 is 2.85 bits per heavy atom. The molecule has 2 rings (SSSR count). The van der Waals surface area contributed by atoms with E-state index in [1.165, 1.54) is 4.90 Å². The second-order valence-electron chi connectivity index (χ2n) is 6.00. The van der Waals surface area contributed by atoms with Crippen LogP contribution in [0.5, 0.6) is 0 Å². The van der Waals surface area contributed by atoms with Gasteiger partial charge in [-0.15, -0.1) is 0 Å². The van der Waals surface area contributed by atoms with E-state index in [4.69, 9.17) is 4.42 Å². The predicted octanol–water partition coefficient (Wildman–Crippen LogP) is 2.31. The molecule has 0 spiro atoms. The standard InChI is InChI=1S/C15H21NO4/c1-15(2)8-4-9-16(13(15)14(18)19)12(17)7-6-11-5-3-10-20-11/h3,5,10,13H,4,6-9H2,1-2H3,(H,18,19). The largest absolute Gasteiger partial charge is 0.480 e. The van der Waals surface area contributed by atoms with Gasteiger partial charge in [0.25, 0.3) is 0 Å². The lowest BCUT2D eigenvalue weighted by Gasteiger charge is -2.44. The number of carbonyl (C=O) groups is 2. The summed E-state index contributed by atoms with van der Waals surface area (Å²) in [5, 5.41) is 9.43. The van der Waals surface area contributed by atoms with Crippen molar-refractivity contribution in [3.63, 3.8) is 0 Å². The van der Waals surface area contributed by atoms with Crippen LogP contribution >= 0.6 is 0 Å². The first-order chi connectivity index (χ1) is 9.42. The molecule has 1 aliphatic rings. The Morgan fingerprint density at radius 2 is 2.25 bits per heavy atom. The van der Waals surface area contributed by atoms with E-state index >= 15 is 0 Å². The lowest BCUT2D eigenvalue weighted by atomic mass is 9.76. The number of piperidine rings is 1. The molecule has 1 unspecified atom stereocenters. The van der Waals surface area contributed by atoms with E-state index in [1.807, 2.05) is 19.9 Å². The normalized spacial score (nSPS) is 21.7. The van der Waals surface area contributed by atoms with Crippen molar-refractivity contribution >= 4 is 11.9 Å². The average molecular weight is 279 g/mol. The maximum Gasteiger partial charge on any atom is 0.326 e. The number of rotatable bonds is 4. The van der Waals surface area contributed by atoms with Crippen molar-refractivity contribution in [3.05, 3.63) is 24.2 Å². The zero-order valence-electron chi connectivity index (χ0n) is 12.0. The van der Waals surface area contributed by atoms with Crippen molar-refractivity contribution in [3.8, 4) is 0 Å². The van der Waals surface area contributed by atoms with E-state index in [9.17, 15) is 14.7 Å². The van der Waals surface area contributed by atoms with Crippen molar-refractivity contribution in [2.24, 2.45) is 5.41 Å². The van der Waals surface area contributed by atoms with Gasteiger partial charge in [-0.1, -0.05) is 13.8 Å². The van der Waals surface area contributed by atoms with E-state index in [0.717, 1.165) is 18.6 Å². The molecular weight excluding hydrogens is 258 g/mol. The highest BCUT2D eigenvalue weighted by molar-refractivity contribution is 5.84. The monoisotopic (exact) mass is 279 g/mol. The summed E-state index contributed by atoms with van der Waals surface area (Å²) in [4.78, 5) is 25.3. The number of likely N-dealkylation sites (tertiary alicyclic amines) is 1. The maximum atomic E-state index is 12.3. The molecule has 2 heterocycles. The number of carbonyl (C=O) groups excluding carboxylic acids is 1. The molecule has 1 N–H and O–H groups in total. The van der Waals surface area contributed by atoms with E-state index in [2.05, 4.69) is 0 Å². The van der Waals surface area contributed by atoms with Gasteiger partial charge in [0.1, 0.15) is 11.8 Å². The van der Waals surface area contributed by atoms with Crippen molar-refractivity contribution in [1.29, 1.82) is 0 Å². The highest BCUT2D eigenvalue weighted by atomic mass is 16.4. The van der Waals surface area contributed by atoms with Crippen LogP contribution in [-0.2, 0) is 16.0 Å². The molecule has 0 aliphatic carbocycles. The number of nitrogens with zero attached hydrogens (tertiary/aromatic N) is 1. The molecule has 0 aromatic carbocycles. The van der Waals surface area contributed by atoms with Crippen LogP contribution in [0, 0.1) is 5.41 Å². The number of aryl methyl sites for hydroxylation is 1. The van der Waals surface area contributed by atoms with Gasteiger partial charge in [0.2, 0.25) is 5.91 Å². The van der Waals surface area contributed by atoms with Crippen LogP contribution in [0.2, 0.25) is 0 Å². The Kier molecular flexibility index (Phi) is 4.16. The summed E-state index contributed by atoms with van der Waals surface area (Å²) >= 11 is 0. The smallest absolute Gasteiger partial charge is 0.326 e. The predicted molar refractivity (Wildman–Crippen MR) is 73.2 cm³/mol. The molecule has 0 saturated carbocycles. The van der Waals surface area contributed by atoms with Crippen LogP contribution in [0.25, 0.3) is 0 Å². The quantitative estimate of drug-likeness (QED) is 0.918. The van der Waals surface area contributed by atoms with Gasteiger partial charge in [-0.25, -0.2) is 4.79 Å². The number of carboxylic acid groups (broad SMARTS) is 1. The Bertz CT molecular complexity index is 478. The lowest BCUT2D eigenvalue weighted by Crippen LogP contribution is -2.56. The molecule has 1 aromatic heterocycles. The molecule has 5 heteroatoms. The van der Waals surface area contributed by atoms with Gasteiger partial charge >= 0.3 is 5.97 Å². The van der Waals surface area contributed by atoms with Crippen LogP contribution in [-0.4, -0.2) is 34.5 Å². The minimum Gasteiger partial charge on any atom is -0.480 e. The molecule has 1 aliphatic heterocycles. The van der Waals surface area contributed by atoms with Crippen LogP contribution < -0.4 is 0 Å². The van der Waals surface area contributed by atoms with Gasteiger partial charge in [0.15, 0.2) is 0 Å². The third-order valence-corrected chi connectivity index (χ3v) is 3.99. The topological polar surface area (TPSA) is 70.8 Å². The minimum absolute atomic E-state index is 0.110. The zero-order valence-corrected chi connectivity index (χ0v) is 12.0. The fourth-order valence-corrected chi connectivity index (χ4v) is 2.96. The summed E-state index contributed by atoms with van der Waals surface area (Å²) in [7, 11) is 0. The highest BCUT2D eigenvalue weighted by Crippen LogP contribution is 2.35. The first-order valence-electron chi connectivity index (χ1n) is 6.96. The van der Waals surface area contributed by atoms with Crippen molar-refractivity contribution in [2.45, 2.75) is 45.6 Å². The Hall–Kier alpha value is -1.78. The van der Waals surface area contributed by atoms with Crippen molar-refractivity contribution in [2.75, 3.05) is 6.54 Å². The minimum atomic E-state index is -0.916. The summed E-state index contributed by atoms with van der Waals surface area (Å²) in [5.41, 5.74) is -0.384. The van der Waals surface area contributed by atoms with Gasteiger partial charge < -0.3 is 14.4 Å². The third kappa shape index (κ3) is 3.03. The highest BCUT2D eigenvalue weighted by Gasteiger charge is 2.44. The van der Waals surface area contributed by atoms with Gasteiger partial charge in [0, 0.05) is 19.4 Å². The van der Waals surface area contributed by atoms with Crippen molar-refractivity contribution < 1.29 is 19.1 Å². The molecular formula is C15H21NO4. The Labute approximate surface area is 118 Å². The molecule has 1 amide bonds. The number of aliphatic carboxylic acids is 1. The van der Waals surface area contributed by atoms with Crippen LogP contribution in [0.3, 0.4) is 0 Å². The number of hydrogen-bond acceptors (Lipinski definition) is 3. The summed E-state index contributed by atoms with van der Waals surface area (Å²) < 4.78 is 5.20. The summed E-state index contributed by atoms with van der Waals surface area (Å²) in [6.07, 6.45) is 4.04. The summed E-state index contributed by atoms with van der Waals surface area (Å²) in [6.45, 7) is 4.35. The Balaban J connectivity index is 2.04. The van der Waals surface area contributed by atoms with Crippen LogP contribution in [0.1, 0.15) is 38.9 Å². The second kappa shape index (κ2) is 5.69. The SMILES string of the molecule is CC1(C)CCCN(C(=O)CCc2ccco2)C1C(=O)O. The third-order valence-electron chi connectivity index (χ3n) is 3.99. The summed E-state index contributed by atoms with van der Waals surface area (Å²) in [6, 6.07) is 2.87. The molecule has 1 aromatic rings. The molecule has 1 fully saturated rings. The van der Waals surface area contributed by atoms with Gasteiger partial charge in [-0.05, 0) is 30.4 Å². The van der Waals surface area contributed by atoms with E-state index in [0.29, 0.717) is 13.0 Å². The molecule has 0 bridgehead atoms. The first-order valence-corrected chi connectivity index (χ1v) is 6.96. The molecule has 5 nitrogen and oxygen atoms in total. The maximum absolute atomic E-state index is 12.3. The van der Waals surface area contributed by atoms with Gasteiger partial charge in [-0.2, -0.15) is 0 Å². The second-order valence-corrected chi connectivity index (χ2v) is 6.00. The molecule has 1 atom stereocenters. The fourth-order valence-electron chi connectivity index (χ4n) is 2.96. The molecule has 110 valence electrons. The number of carboxylic acids is 1. The first kappa shape index (κ1) is 14.6. The molecule has 20 heavy (non-hydrogen) atoms. The number of hydrogen-bond donors (Lipinski definition) is 1. The van der Waals surface area contributed by atoms with Gasteiger partial charge in [0.05, 0.1) is 6.26 Å². The average Bonchev–Trinajstić information content (AvgIpc) is 2.86. The zero-order chi connectivity index (χ0) is 14.8. The number of furan rings is 1.